The second-order valence-corrected chi connectivity index (χ2v) is 4.10. The molecule has 6 heteroatoms. The number of hydrogen-bond donors (Lipinski definition) is 2. The molecule has 1 aromatic carbocycles. The van der Waals surface area contributed by atoms with E-state index in [2.05, 4.69) is 5.32 Å². The Bertz CT molecular complexity index is 468. The summed E-state index contributed by atoms with van der Waals surface area (Å²) in [5.74, 6) is 0.288. The summed E-state index contributed by atoms with van der Waals surface area (Å²) in [7, 11) is 0. The van der Waals surface area contributed by atoms with E-state index in [0.717, 1.165) is 0 Å². The topological polar surface area (TPSA) is 99.2 Å². The molecule has 0 amide bonds. The van der Waals surface area contributed by atoms with E-state index in [1.165, 1.54) is 12.1 Å². The van der Waals surface area contributed by atoms with Gasteiger partial charge in [-0.2, -0.15) is 5.26 Å². The Morgan fingerprint density at radius 2 is 2.33 bits per heavy atom. The number of aliphatic hydroxyl groups excluding tert-OH is 1. The van der Waals surface area contributed by atoms with Crippen LogP contribution in [0, 0.1) is 27.4 Å². The van der Waals surface area contributed by atoms with E-state index in [0.29, 0.717) is 18.7 Å². The van der Waals surface area contributed by atoms with Crippen LogP contribution in [0.5, 0.6) is 0 Å². The first-order valence-electron chi connectivity index (χ1n) is 5.61. The molecule has 0 aliphatic rings. The molecule has 0 bridgehead atoms. The van der Waals surface area contributed by atoms with Crippen molar-refractivity contribution in [3.05, 3.63) is 33.9 Å². The number of nitriles is 1. The van der Waals surface area contributed by atoms with E-state index in [1.54, 1.807) is 6.07 Å². The maximum absolute atomic E-state index is 10.6. The molecule has 0 fully saturated rings. The molecule has 0 aromatic heterocycles. The van der Waals surface area contributed by atoms with Crippen LogP contribution in [0.1, 0.15) is 18.9 Å². The van der Waals surface area contributed by atoms with Gasteiger partial charge in [0.25, 0.3) is 5.69 Å². The molecule has 1 unspecified atom stereocenters. The molecule has 0 aliphatic carbocycles. The van der Waals surface area contributed by atoms with E-state index in [-0.39, 0.29) is 23.8 Å². The summed E-state index contributed by atoms with van der Waals surface area (Å²) in [4.78, 5) is 10.1. The third-order valence-corrected chi connectivity index (χ3v) is 2.59. The molecule has 0 spiro atoms. The minimum Gasteiger partial charge on any atom is -0.396 e. The van der Waals surface area contributed by atoms with Crippen molar-refractivity contribution in [2.45, 2.75) is 13.3 Å². The van der Waals surface area contributed by atoms with E-state index in [1.807, 2.05) is 13.0 Å². The van der Waals surface area contributed by atoms with Crippen molar-refractivity contribution in [2.75, 3.05) is 18.5 Å². The number of nitro benzene ring substituents is 1. The monoisotopic (exact) mass is 249 g/mol. The van der Waals surface area contributed by atoms with Gasteiger partial charge < -0.3 is 10.4 Å². The van der Waals surface area contributed by atoms with Crippen LogP contribution in [0.2, 0.25) is 0 Å². The number of anilines is 1. The largest absolute Gasteiger partial charge is 0.396 e. The van der Waals surface area contributed by atoms with Gasteiger partial charge in [0.15, 0.2) is 0 Å². The number of hydrogen-bond acceptors (Lipinski definition) is 5. The zero-order valence-electron chi connectivity index (χ0n) is 10.1. The lowest BCUT2D eigenvalue weighted by atomic mass is 10.1. The van der Waals surface area contributed by atoms with Crippen LogP contribution in [0.4, 0.5) is 11.4 Å². The Balaban J connectivity index is 2.75. The second-order valence-electron chi connectivity index (χ2n) is 4.10. The molecular formula is C12H15N3O3. The van der Waals surface area contributed by atoms with Gasteiger partial charge in [0.1, 0.15) is 11.6 Å². The van der Waals surface area contributed by atoms with Gasteiger partial charge in [-0.05, 0) is 24.5 Å². The molecule has 1 atom stereocenters. The molecule has 18 heavy (non-hydrogen) atoms. The summed E-state index contributed by atoms with van der Waals surface area (Å²) in [6.45, 7) is 2.76. The highest BCUT2D eigenvalue weighted by Crippen LogP contribution is 2.22. The van der Waals surface area contributed by atoms with E-state index < -0.39 is 4.92 Å². The predicted octanol–water partition coefficient (Wildman–Crippen LogP) is 1.90. The van der Waals surface area contributed by atoms with E-state index >= 15 is 0 Å². The van der Waals surface area contributed by atoms with Crippen LogP contribution in [0.15, 0.2) is 18.2 Å². The van der Waals surface area contributed by atoms with Crippen molar-refractivity contribution in [1.29, 1.82) is 5.26 Å². The third-order valence-electron chi connectivity index (χ3n) is 2.59. The zero-order chi connectivity index (χ0) is 13.5. The number of rotatable bonds is 6. The minimum atomic E-state index is -0.573. The van der Waals surface area contributed by atoms with Crippen molar-refractivity contribution < 1.29 is 10.0 Å². The summed E-state index contributed by atoms with van der Waals surface area (Å²) in [5.41, 5.74) is 0.521. The Labute approximate surface area is 105 Å². The Hall–Kier alpha value is -2.13. The van der Waals surface area contributed by atoms with E-state index in [9.17, 15) is 10.1 Å². The lowest BCUT2D eigenvalue weighted by Crippen LogP contribution is -2.12. The first-order valence-corrected chi connectivity index (χ1v) is 5.61. The molecule has 0 saturated carbocycles. The summed E-state index contributed by atoms with van der Waals surface area (Å²) in [5, 5.41) is 31.3. The lowest BCUT2D eigenvalue weighted by Gasteiger charge is -2.12. The Morgan fingerprint density at radius 1 is 1.61 bits per heavy atom. The zero-order valence-corrected chi connectivity index (χ0v) is 10.1. The van der Waals surface area contributed by atoms with Gasteiger partial charge in [-0.1, -0.05) is 6.92 Å². The van der Waals surface area contributed by atoms with Gasteiger partial charge in [-0.25, -0.2) is 0 Å². The van der Waals surface area contributed by atoms with Crippen LogP contribution in [-0.2, 0) is 0 Å². The summed E-state index contributed by atoms with van der Waals surface area (Å²) >= 11 is 0. The minimum absolute atomic E-state index is 0.0415. The summed E-state index contributed by atoms with van der Waals surface area (Å²) in [6.07, 6.45) is 0.686. The number of benzene rings is 1. The predicted molar refractivity (Wildman–Crippen MR) is 67.2 cm³/mol. The first-order chi connectivity index (χ1) is 8.58. The average Bonchev–Trinajstić information content (AvgIpc) is 2.36. The molecule has 0 radical (unpaired) electrons. The van der Waals surface area contributed by atoms with Crippen molar-refractivity contribution in [3.8, 4) is 6.07 Å². The summed E-state index contributed by atoms with van der Waals surface area (Å²) < 4.78 is 0. The second kappa shape index (κ2) is 6.57. The molecule has 2 N–H and O–H groups in total. The SMILES string of the molecule is CC(CCO)CNc1ccc([N+](=O)[O-])c(C#N)c1. The maximum Gasteiger partial charge on any atom is 0.287 e. The Kier molecular flexibility index (Phi) is 5.08. The van der Waals surface area contributed by atoms with Crippen LogP contribution in [0.25, 0.3) is 0 Å². The van der Waals surface area contributed by atoms with Crippen molar-refractivity contribution in [1.82, 2.24) is 0 Å². The Morgan fingerprint density at radius 3 is 2.89 bits per heavy atom. The van der Waals surface area contributed by atoms with Crippen LogP contribution in [-0.4, -0.2) is 23.2 Å². The van der Waals surface area contributed by atoms with Gasteiger partial charge in [0.05, 0.1) is 4.92 Å². The highest BCUT2D eigenvalue weighted by Gasteiger charge is 2.13. The lowest BCUT2D eigenvalue weighted by molar-refractivity contribution is -0.385. The van der Waals surface area contributed by atoms with Crippen LogP contribution in [0.3, 0.4) is 0 Å². The van der Waals surface area contributed by atoms with E-state index in [4.69, 9.17) is 10.4 Å². The highest BCUT2D eigenvalue weighted by atomic mass is 16.6. The molecular weight excluding hydrogens is 234 g/mol. The normalized spacial score (nSPS) is 11.6. The number of nitro groups is 1. The molecule has 0 heterocycles. The smallest absolute Gasteiger partial charge is 0.287 e. The first kappa shape index (κ1) is 13.9. The fourth-order valence-electron chi connectivity index (χ4n) is 1.51. The maximum atomic E-state index is 10.6. The summed E-state index contributed by atoms with van der Waals surface area (Å²) in [6, 6.07) is 6.16. The molecule has 0 saturated heterocycles. The van der Waals surface area contributed by atoms with Crippen LogP contribution >= 0.6 is 0 Å². The number of nitrogens with one attached hydrogen (secondary N) is 1. The molecule has 0 aliphatic heterocycles. The molecule has 6 nitrogen and oxygen atoms in total. The number of aliphatic hydroxyl groups is 1. The molecule has 96 valence electrons. The van der Waals surface area contributed by atoms with Crippen molar-refractivity contribution in [3.63, 3.8) is 0 Å². The van der Waals surface area contributed by atoms with Gasteiger partial charge in [0.2, 0.25) is 0 Å². The van der Waals surface area contributed by atoms with Gasteiger partial charge >= 0.3 is 0 Å². The van der Waals surface area contributed by atoms with Crippen molar-refractivity contribution in [2.24, 2.45) is 5.92 Å². The quantitative estimate of drug-likeness (QED) is 0.592. The fraction of sp³-hybridized carbons (Fsp3) is 0.417. The molecule has 1 aromatic rings. The van der Waals surface area contributed by atoms with Gasteiger partial charge in [-0.3, -0.25) is 10.1 Å². The number of nitrogens with zero attached hydrogens (tertiary/aromatic N) is 2. The van der Waals surface area contributed by atoms with Gasteiger partial charge in [-0.15, -0.1) is 0 Å². The van der Waals surface area contributed by atoms with Gasteiger partial charge in [0, 0.05) is 24.9 Å². The highest BCUT2D eigenvalue weighted by molar-refractivity contribution is 5.58. The van der Waals surface area contributed by atoms with Crippen molar-refractivity contribution >= 4 is 11.4 Å². The standard InChI is InChI=1S/C12H15N3O3/c1-9(4-5-16)8-14-11-2-3-12(15(17)18)10(6-11)7-13/h2-3,6,9,14,16H,4-5,8H2,1H3. The average molecular weight is 249 g/mol. The fourth-order valence-corrected chi connectivity index (χ4v) is 1.51. The van der Waals surface area contributed by atoms with Crippen LogP contribution < -0.4 is 5.32 Å². The third kappa shape index (κ3) is 3.71. The molecule has 1 rings (SSSR count).